The zero-order valence-electron chi connectivity index (χ0n) is 8.13. The van der Waals surface area contributed by atoms with Gasteiger partial charge in [0.25, 0.3) is 0 Å². The summed E-state index contributed by atoms with van der Waals surface area (Å²) in [6.07, 6.45) is 1.01. The molecule has 0 aliphatic rings. The van der Waals surface area contributed by atoms with E-state index in [1.807, 2.05) is 19.0 Å². The molecule has 4 heteroatoms. The molecular weight excluding hydrogens is 154 g/mol. The van der Waals surface area contributed by atoms with E-state index in [2.05, 4.69) is 12.2 Å². The summed E-state index contributed by atoms with van der Waals surface area (Å²) < 4.78 is 0. The monoisotopic (exact) mass is 173 g/mol. The Bertz CT molecular complexity index is 136. The van der Waals surface area contributed by atoms with Crippen molar-refractivity contribution >= 4 is 5.91 Å². The molecule has 0 bridgehead atoms. The topological polar surface area (TPSA) is 58.4 Å². The maximum Gasteiger partial charge on any atom is 0.235 e. The molecule has 3 N–H and O–H groups in total. The molecule has 1 unspecified atom stereocenters. The third-order valence-electron chi connectivity index (χ3n) is 1.53. The number of nitrogens with one attached hydrogen (secondary N) is 1. The molecule has 12 heavy (non-hydrogen) atoms. The lowest BCUT2D eigenvalue weighted by molar-refractivity contribution is -0.120. The predicted molar refractivity (Wildman–Crippen MR) is 49.8 cm³/mol. The van der Waals surface area contributed by atoms with Crippen LogP contribution >= 0.6 is 0 Å². The second-order valence-electron chi connectivity index (χ2n) is 3.17. The Labute approximate surface area is 74.1 Å². The highest BCUT2D eigenvalue weighted by Crippen LogP contribution is 1.86. The SMILES string of the molecule is CCCNC(CN(C)C)C(N)=O. The molecule has 0 rings (SSSR count). The van der Waals surface area contributed by atoms with Crippen molar-refractivity contribution in [2.45, 2.75) is 19.4 Å². The van der Waals surface area contributed by atoms with E-state index in [-0.39, 0.29) is 11.9 Å². The number of hydrogen-bond donors (Lipinski definition) is 2. The molecule has 0 aromatic heterocycles. The average molecular weight is 173 g/mol. The largest absolute Gasteiger partial charge is 0.368 e. The summed E-state index contributed by atoms with van der Waals surface area (Å²) in [6.45, 7) is 3.55. The fourth-order valence-corrected chi connectivity index (χ4v) is 0.939. The maximum absolute atomic E-state index is 10.9. The summed E-state index contributed by atoms with van der Waals surface area (Å²) >= 11 is 0. The minimum atomic E-state index is -0.280. The lowest BCUT2D eigenvalue weighted by atomic mass is 10.2. The van der Waals surface area contributed by atoms with Gasteiger partial charge in [0.05, 0.1) is 6.04 Å². The number of rotatable bonds is 6. The summed E-state index contributed by atoms with van der Waals surface area (Å²) in [5.41, 5.74) is 5.20. The van der Waals surface area contributed by atoms with Crippen molar-refractivity contribution in [2.75, 3.05) is 27.2 Å². The Morgan fingerprint density at radius 1 is 1.58 bits per heavy atom. The van der Waals surface area contributed by atoms with Crippen molar-refractivity contribution in [3.05, 3.63) is 0 Å². The maximum atomic E-state index is 10.9. The lowest BCUT2D eigenvalue weighted by Gasteiger charge is -2.18. The highest BCUT2D eigenvalue weighted by Gasteiger charge is 2.13. The first-order valence-electron chi connectivity index (χ1n) is 4.25. The van der Waals surface area contributed by atoms with Crippen molar-refractivity contribution in [3.8, 4) is 0 Å². The van der Waals surface area contributed by atoms with Crippen molar-refractivity contribution in [1.29, 1.82) is 0 Å². The van der Waals surface area contributed by atoms with Crippen molar-refractivity contribution in [3.63, 3.8) is 0 Å². The average Bonchev–Trinajstić information content (AvgIpc) is 1.96. The summed E-state index contributed by atoms with van der Waals surface area (Å²) in [6, 6.07) is -0.222. The van der Waals surface area contributed by atoms with Gasteiger partial charge in [0, 0.05) is 6.54 Å². The van der Waals surface area contributed by atoms with Gasteiger partial charge < -0.3 is 16.0 Å². The number of amides is 1. The number of likely N-dealkylation sites (N-methyl/N-ethyl adjacent to an activating group) is 1. The second kappa shape index (κ2) is 5.97. The lowest BCUT2D eigenvalue weighted by Crippen LogP contribution is -2.47. The van der Waals surface area contributed by atoms with Gasteiger partial charge in [-0.1, -0.05) is 6.92 Å². The molecule has 0 saturated heterocycles. The Hall–Kier alpha value is -0.610. The first-order chi connectivity index (χ1) is 5.57. The number of primary amides is 1. The smallest absolute Gasteiger partial charge is 0.235 e. The Morgan fingerprint density at radius 3 is 2.50 bits per heavy atom. The van der Waals surface area contributed by atoms with E-state index in [1.165, 1.54) is 0 Å². The van der Waals surface area contributed by atoms with Gasteiger partial charge in [-0.25, -0.2) is 0 Å². The fraction of sp³-hybridized carbons (Fsp3) is 0.875. The zero-order chi connectivity index (χ0) is 9.56. The van der Waals surface area contributed by atoms with Gasteiger partial charge in [-0.05, 0) is 27.1 Å². The van der Waals surface area contributed by atoms with Crippen LogP contribution in [0.3, 0.4) is 0 Å². The number of nitrogens with zero attached hydrogens (tertiary/aromatic N) is 1. The number of carbonyl (C=O) groups is 1. The van der Waals surface area contributed by atoms with E-state index in [9.17, 15) is 4.79 Å². The third kappa shape index (κ3) is 5.09. The van der Waals surface area contributed by atoms with Crippen LogP contribution in [-0.4, -0.2) is 44.0 Å². The molecule has 1 amide bonds. The summed E-state index contributed by atoms with van der Waals surface area (Å²) in [7, 11) is 3.84. The van der Waals surface area contributed by atoms with Crippen molar-refractivity contribution in [1.82, 2.24) is 10.2 Å². The van der Waals surface area contributed by atoms with E-state index in [0.29, 0.717) is 6.54 Å². The van der Waals surface area contributed by atoms with E-state index >= 15 is 0 Å². The number of carbonyl (C=O) groups excluding carboxylic acids is 1. The zero-order valence-corrected chi connectivity index (χ0v) is 8.13. The molecule has 0 spiro atoms. The van der Waals surface area contributed by atoms with Crippen LogP contribution in [0.2, 0.25) is 0 Å². The van der Waals surface area contributed by atoms with Gasteiger partial charge in [0.1, 0.15) is 0 Å². The standard InChI is InChI=1S/C8H19N3O/c1-4-5-10-7(8(9)12)6-11(2)3/h7,10H,4-6H2,1-3H3,(H2,9,12). The molecule has 0 fully saturated rings. The highest BCUT2D eigenvalue weighted by molar-refractivity contribution is 5.80. The molecule has 4 nitrogen and oxygen atoms in total. The van der Waals surface area contributed by atoms with Gasteiger partial charge in [-0.2, -0.15) is 0 Å². The van der Waals surface area contributed by atoms with Crippen LogP contribution in [0.15, 0.2) is 0 Å². The van der Waals surface area contributed by atoms with Crippen LogP contribution < -0.4 is 11.1 Å². The molecule has 72 valence electrons. The molecule has 0 aliphatic carbocycles. The van der Waals surface area contributed by atoms with Gasteiger partial charge in [-0.3, -0.25) is 4.79 Å². The first kappa shape index (κ1) is 11.4. The van der Waals surface area contributed by atoms with E-state index < -0.39 is 0 Å². The van der Waals surface area contributed by atoms with Crippen molar-refractivity contribution < 1.29 is 4.79 Å². The highest BCUT2D eigenvalue weighted by atomic mass is 16.1. The number of nitrogens with two attached hydrogens (primary N) is 1. The normalized spacial score (nSPS) is 13.3. The minimum Gasteiger partial charge on any atom is -0.368 e. The van der Waals surface area contributed by atoms with Crippen LogP contribution in [-0.2, 0) is 4.79 Å². The predicted octanol–water partition coefficient (Wildman–Crippen LogP) is -0.598. The Balaban J connectivity index is 3.78. The summed E-state index contributed by atoms with van der Waals surface area (Å²) in [5, 5.41) is 3.08. The summed E-state index contributed by atoms with van der Waals surface area (Å²) in [4.78, 5) is 12.8. The second-order valence-corrected chi connectivity index (χ2v) is 3.17. The van der Waals surface area contributed by atoms with Gasteiger partial charge in [-0.15, -0.1) is 0 Å². The molecule has 0 heterocycles. The fourth-order valence-electron chi connectivity index (χ4n) is 0.939. The van der Waals surface area contributed by atoms with Gasteiger partial charge >= 0.3 is 0 Å². The van der Waals surface area contributed by atoms with Crippen molar-refractivity contribution in [2.24, 2.45) is 5.73 Å². The molecule has 0 aromatic rings. The molecule has 0 radical (unpaired) electrons. The van der Waals surface area contributed by atoms with Gasteiger partial charge in [0.15, 0.2) is 0 Å². The van der Waals surface area contributed by atoms with Crippen LogP contribution in [0.25, 0.3) is 0 Å². The van der Waals surface area contributed by atoms with E-state index in [0.717, 1.165) is 13.0 Å². The first-order valence-corrected chi connectivity index (χ1v) is 4.25. The van der Waals surface area contributed by atoms with Crippen LogP contribution in [0.4, 0.5) is 0 Å². The quantitative estimate of drug-likeness (QED) is 0.564. The number of hydrogen-bond acceptors (Lipinski definition) is 3. The molecular formula is C8H19N3O. The van der Waals surface area contributed by atoms with Crippen LogP contribution in [0.5, 0.6) is 0 Å². The van der Waals surface area contributed by atoms with Gasteiger partial charge in [0.2, 0.25) is 5.91 Å². The Kier molecular flexibility index (Phi) is 5.66. The molecule has 0 saturated carbocycles. The van der Waals surface area contributed by atoms with E-state index in [1.54, 1.807) is 0 Å². The van der Waals surface area contributed by atoms with Crippen LogP contribution in [0.1, 0.15) is 13.3 Å². The Morgan fingerprint density at radius 2 is 2.17 bits per heavy atom. The summed E-state index contributed by atoms with van der Waals surface area (Å²) in [5.74, 6) is -0.280. The van der Waals surface area contributed by atoms with Crippen LogP contribution in [0, 0.1) is 0 Å². The molecule has 1 atom stereocenters. The minimum absolute atomic E-state index is 0.222. The molecule has 0 aliphatic heterocycles. The molecule has 0 aromatic carbocycles. The van der Waals surface area contributed by atoms with E-state index in [4.69, 9.17) is 5.73 Å². The third-order valence-corrected chi connectivity index (χ3v) is 1.53.